The summed E-state index contributed by atoms with van der Waals surface area (Å²) in [5.74, 6) is 2.25. The summed E-state index contributed by atoms with van der Waals surface area (Å²) >= 11 is 0. The molecule has 2 aromatic rings. The van der Waals surface area contributed by atoms with Crippen molar-refractivity contribution in [2.24, 2.45) is 4.99 Å². The standard InChI is InChI=1S/C19H28N6O3.HI/c1-5-20-18(21-13-15-22-17(28-23-15)19(2,3)4)25-10-8-24(9-11-25)16(26)14-7-6-12-27-14;/h6-7,12H,5,8-11,13H2,1-4H3,(H,20,21);1H. The maximum Gasteiger partial charge on any atom is 0.289 e. The van der Waals surface area contributed by atoms with E-state index < -0.39 is 0 Å². The third-order valence-electron chi connectivity index (χ3n) is 4.41. The number of halogens is 1. The van der Waals surface area contributed by atoms with Gasteiger partial charge in [0.05, 0.1) is 6.26 Å². The Balaban J connectivity index is 0.00000300. The number of rotatable bonds is 4. The minimum Gasteiger partial charge on any atom is -0.459 e. The lowest BCUT2D eigenvalue weighted by Crippen LogP contribution is -2.53. The van der Waals surface area contributed by atoms with Gasteiger partial charge < -0.3 is 24.1 Å². The topological polar surface area (TPSA) is 100 Å². The maximum absolute atomic E-state index is 12.4. The Morgan fingerprint density at radius 2 is 1.93 bits per heavy atom. The van der Waals surface area contributed by atoms with Crippen LogP contribution in [0.1, 0.15) is 50.0 Å². The third-order valence-corrected chi connectivity index (χ3v) is 4.41. The van der Waals surface area contributed by atoms with Crippen LogP contribution >= 0.6 is 24.0 Å². The van der Waals surface area contributed by atoms with Crippen molar-refractivity contribution in [1.29, 1.82) is 0 Å². The van der Waals surface area contributed by atoms with E-state index in [0.29, 0.717) is 50.2 Å². The van der Waals surface area contributed by atoms with Crippen LogP contribution in [-0.2, 0) is 12.0 Å². The van der Waals surface area contributed by atoms with Crippen molar-refractivity contribution in [3.05, 3.63) is 35.9 Å². The average molecular weight is 516 g/mol. The first-order chi connectivity index (χ1) is 13.4. The monoisotopic (exact) mass is 516 g/mol. The maximum atomic E-state index is 12.4. The molecular weight excluding hydrogens is 487 g/mol. The van der Waals surface area contributed by atoms with E-state index in [1.807, 2.05) is 27.7 Å². The van der Waals surface area contributed by atoms with Crippen LogP contribution in [0.15, 0.2) is 32.3 Å². The van der Waals surface area contributed by atoms with Crippen LogP contribution in [0.4, 0.5) is 0 Å². The van der Waals surface area contributed by atoms with Crippen molar-refractivity contribution in [2.75, 3.05) is 32.7 Å². The summed E-state index contributed by atoms with van der Waals surface area (Å²) in [6.45, 7) is 11.8. The molecule has 1 fully saturated rings. The van der Waals surface area contributed by atoms with E-state index >= 15 is 0 Å². The molecule has 2 aromatic heterocycles. The molecule has 0 bridgehead atoms. The molecule has 0 saturated carbocycles. The fourth-order valence-electron chi connectivity index (χ4n) is 2.87. The molecule has 10 heteroatoms. The fourth-order valence-corrected chi connectivity index (χ4v) is 2.87. The van der Waals surface area contributed by atoms with E-state index in [-0.39, 0.29) is 35.3 Å². The van der Waals surface area contributed by atoms with E-state index in [1.54, 1.807) is 17.0 Å². The average Bonchev–Trinajstić information content (AvgIpc) is 3.36. The number of piperazine rings is 1. The Morgan fingerprint density at radius 3 is 2.48 bits per heavy atom. The summed E-state index contributed by atoms with van der Waals surface area (Å²) in [5.41, 5.74) is -0.184. The Hall–Kier alpha value is -2.11. The number of aliphatic imine (C=N–C) groups is 1. The zero-order valence-electron chi connectivity index (χ0n) is 17.3. The SMILES string of the molecule is CCNC(=NCc1noc(C(C)(C)C)n1)N1CCN(C(=O)c2ccco2)CC1.I. The number of guanidine groups is 1. The molecule has 0 radical (unpaired) electrons. The van der Waals surface area contributed by atoms with Crippen molar-refractivity contribution in [1.82, 2.24) is 25.3 Å². The number of aromatic nitrogens is 2. The molecule has 9 nitrogen and oxygen atoms in total. The lowest BCUT2D eigenvalue weighted by atomic mass is 9.97. The molecule has 160 valence electrons. The highest BCUT2D eigenvalue weighted by Gasteiger charge is 2.25. The van der Waals surface area contributed by atoms with Crippen LogP contribution in [0.2, 0.25) is 0 Å². The highest BCUT2D eigenvalue weighted by atomic mass is 127. The minimum absolute atomic E-state index is 0. The van der Waals surface area contributed by atoms with Gasteiger partial charge in [0.2, 0.25) is 5.89 Å². The quantitative estimate of drug-likeness (QED) is 0.379. The Morgan fingerprint density at radius 1 is 1.24 bits per heavy atom. The Labute approximate surface area is 187 Å². The smallest absolute Gasteiger partial charge is 0.289 e. The van der Waals surface area contributed by atoms with Crippen LogP contribution < -0.4 is 5.32 Å². The molecule has 1 aliphatic heterocycles. The third kappa shape index (κ3) is 5.94. The van der Waals surface area contributed by atoms with Crippen LogP contribution in [-0.4, -0.2) is 64.5 Å². The summed E-state index contributed by atoms with van der Waals surface area (Å²) in [5, 5.41) is 7.32. The van der Waals surface area contributed by atoms with Gasteiger partial charge in [-0.05, 0) is 19.1 Å². The van der Waals surface area contributed by atoms with E-state index in [9.17, 15) is 4.79 Å². The van der Waals surface area contributed by atoms with Gasteiger partial charge in [0.25, 0.3) is 5.91 Å². The van der Waals surface area contributed by atoms with Crippen LogP contribution in [0.5, 0.6) is 0 Å². The molecule has 0 atom stereocenters. The Kier molecular flexibility index (Phi) is 8.05. The van der Waals surface area contributed by atoms with Gasteiger partial charge in [0, 0.05) is 38.1 Å². The van der Waals surface area contributed by atoms with Crippen molar-refractivity contribution < 1.29 is 13.7 Å². The van der Waals surface area contributed by atoms with Crippen LogP contribution in [0.3, 0.4) is 0 Å². The second-order valence-electron chi connectivity index (χ2n) is 7.69. The van der Waals surface area contributed by atoms with Crippen molar-refractivity contribution in [3.8, 4) is 0 Å². The minimum atomic E-state index is -0.184. The van der Waals surface area contributed by atoms with Crippen molar-refractivity contribution in [3.63, 3.8) is 0 Å². The molecule has 0 aliphatic carbocycles. The molecule has 1 N–H and O–H groups in total. The number of hydrogen-bond donors (Lipinski definition) is 1. The zero-order valence-corrected chi connectivity index (χ0v) is 19.7. The number of carbonyl (C=O) groups excluding carboxylic acids is 1. The molecule has 1 saturated heterocycles. The molecule has 1 amide bonds. The normalized spacial score (nSPS) is 15.2. The van der Waals surface area contributed by atoms with E-state index in [4.69, 9.17) is 8.94 Å². The lowest BCUT2D eigenvalue weighted by molar-refractivity contribution is 0.0657. The van der Waals surface area contributed by atoms with Gasteiger partial charge in [-0.15, -0.1) is 24.0 Å². The second kappa shape index (κ2) is 10.1. The molecule has 0 unspecified atom stereocenters. The van der Waals surface area contributed by atoms with Gasteiger partial charge in [0.15, 0.2) is 17.5 Å². The van der Waals surface area contributed by atoms with Gasteiger partial charge in [-0.1, -0.05) is 25.9 Å². The number of nitrogens with one attached hydrogen (secondary N) is 1. The van der Waals surface area contributed by atoms with Gasteiger partial charge >= 0.3 is 0 Å². The number of nitrogens with zero attached hydrogens (tertiary/aromatic N) is 5. The molecule has 3 heterocycles. The van der Waals surface area contributed by atoms with E-state index in [1.165, 1.54) is 6.26 Å². The van der Waals surface area contributed by atoms with Crippen LogP contribution in [0.25, 0.3) is 0 Å². The first-order valence-electron chi connectivity index (χ1n) is 9.57. The number of furan rings is 1. The van der Waals surface area contributed by atoms with Crippen molar-refractivity contribution >= 4 is 35.8 Å². The predicted octanol–water partition coefficient (Wildman–Crippen LogP) is 2.50. The predicted molar refractivity (Wildman–Crippen MR) is 119 cm³/mol. The number of hydrogen-bond acceptors (Lipinski definition) is 6. The molecule has 0 aromatic carbocycles. The second-order valence-corrected chi connectivity index (χ2v) is 7.69. The summed E-state index contributed by atoms with van der Waals surface area (Å²) in [6.07, 6.45) is 1.52. The summed E-state index contributed by atoms with van der Waals surface area (Å²) in [6, 6.07) is 3.42. The molecule has 1 aliphatic rings. The highest BCUT2D eigenvalue weighted by molar-refractivity contribution is 14.0. The van der Waals surface area contributed by atoms with E-state index in [2.05, 4.69) is 25.3 Å². The van der Waals surface area contributed by atoms with E-state index in [0.717, 1.165) is 12.5 Å². The van der Waals surface area contributed by atoms with Gasteiger partial charge in [-0.3, -0.25) is 4.79 Å². The summed E-state index contributed by atoms with van der Waals surface area (Å²) in [4.78, 5) is 25.4. The zero-order chi connectivity index (χ0) is 20.1. The first-order valence-corrected chi connectivity index (χ1v) is 9.57. The lowest BCUT2D eigenvalue weighted by Gasteiger charge is -2.36. The number of amides is 1. The summed E-state index contributed by atoms with van der Waals surface area (Å²) in [7, 11) is 0. The largest absolute Gasteiger partial charge is 0.459 e. The Bertz CT molecular complexity index is 804. The summed E-state index contributed by atoms with van der Waals surface area (Å²) < 4.78 is 10.5. The van der Waals surface area contributed by atoms with Gasteiger partial charge in [0.1, 0.15) is 6.54 Å². The first kappa shape index (κ1) is 23.2. The van der Waals surface area contributed by atoms with Crippen molar-refractivity contribution in [2.45, 2.75) is 39.7 Å². The molecule has 0 spiro atoms. The van der Waals surface area contributed by atoms with Gasteiger partial charge in [-0.25, -0.2) is 4.99 Å². The molecule has 3 rings (SSSR count). The van der Waals surface area contributed by atoms with Crippen LogP contribution in [0, 0.1) is 0 Å². The molecular formula is C19H29IN6O3. The molecule has 29 heavy (non-hydrogen) atoms. The fraction of sp³-hybridized carbons (Fsp3) is 0.579. The highest BCUT2D eigenvalue weighted by Crippen LogP contribution is 2.19. The number of carbonyl (C=O) groups is 1. The van der Waals surface area contributed by atoms with Gasteiger partial charge in [-0.2, -0.15) is 4.98 Å².